The molecule has 0 spiro atoms. The van der Waals surface area contributed by atoms with Gasteiger partial charge in [0.15, 0.2) is 0 Å². The van der Waals surface area contributed by atoms with E-state index in [0.29, 0.717) is 0 Å². The van der Waals surface area contributed by atoms with Crippen molar-refractivity contribution in [3.8, 4) is 0 Å². The summed E-state index contributed by atoms with van der Waals surface area (Å²) in [6.07, 6.45) is 0. The van der Waals surface area contributed by atoms with Crippen LogP contribution in [0.4, 0.5) is 5.69 Å². The maximum absolute atomic E-state index is 9.22. The Bertz CT molecular complexity index is 288. The highest BCUT2D eigenvalue weighted by molar-refractivity contribution is 5.47. The van der Waals surface area contributed by atoms with Crippen LogP contribution in [0.2, 0.25) is 0 Å². The quantitative estimate of drug-likeness (QED) is 0.794. The third-order valence-electron chi connectivity index (χ3n) is 2.56. The van der Waals surface area contributed by atoms with Crippen molar-refractivity contribution >= 4 is 5.69 Å². The normalized spacial score (nSPS) is 11.5. The molecule has 1 rings (SSSR count). The van der Waals surface area contributed by atoms with Gasteiger partial charge in [0.05, 0.1) is 6.61 Å². The highest BCUT2D eigenvalue weighted by Crippen LogP contribution is 2.24. The second kappa shape index (κ2) is 4.01. The van der Waals surface area contributed by atoms with E-state index in [1.807, 2.05) is 27.9 Å². The summed E-state index contributed by atoms with van der Waals surface area (Å²) in [6, 6.07) is 8.30. The van der Waals surface area contributed by atoms with E-state index in [-0.39, 0.29) is 12.0 Å². The maximum atomic E-state index is 9.22. The van der Waals surface area contributed by atoms with Gasteiger partial charge >= 0.3 is 0 Å². The van der Waals surface area contributed by atoms with Gasteiger partial charge in [0.1, 0.15) is 0 Å². The molecule has 0 amide bonds. The standard InChI is InChI=1S/C12H19NO/c1-12(2,9-14)10-5-7-11(8-6-10)13(3)4/h5-8,14H,9H2,1-4H3. The maximum Gasteiger partial charge on any atom is 0.0522 e. The Hall–Kier alpha value is -1.02. The Morgan fingerprint density at radius 3 is 2.00 bits per heavy atom. The molecule has 0 radical (unpaired) electrons. The largest absolute Gasteiger partial charge is 0.395 e. The molecule has 0 aliphatic rings. The van der Waals surface area contributed by atoms with Gasteiger partial charge in [-0.2, -0.15) is 0 Å². The first kappa shape index (κ1) is 11.1. The lowest BCUT2D eigenvalue weighted by Gasteiger charge is -2.23. The molecule has 2 nitrogen and oxygen atoms in total. The molecule has 0 saturated carbocycles. The molecule has 0 heterocycles. The van der Waals surface area contributed by atoms with Crippen LogP contribution in [-0.2, 0) is 5.41 Å². The van der Waals surface area contributed by atoms with Crippen molar-refractivity contribution in [1.29, 1.82) is 0 Å². The highest BCUT2D eigenvalue weighted by Gasteiger charge is 2.18. The molecule has 14 heavy (non-hydrogen) atoms. The molecule has 1 aromatic carbocycles. The van der Waals surface area contributed by atoms with Gasteiger partial charge in [0, 0.05) is 25.2 Å². The fourth-order valence-corrected chi connectivity index (χ4v) is 1.30. The Balaban J connectivity index is 2.94. The molecule has 0 saturated heterocycles. The Morgan fingerprint density at radius 2 is 1.64 bits per heavy atom. The second-order valence-corrected chi connectivity index (χ2v) is 4.48. The van der Waals surface area contributed by atoms with E-state index in [4.69, 9.17) is 0 Å². The average Bonchev–Trinajstić information content (AvgIpc) is 2.18. The Morgan fingerprint density at radius 1 is 1.14 bits per heavy atom. The van der Waals surface area contributed by atoms with Gasteiger partial charge in [-0.25, -0.2) is 0 Å². The molecule has 0 aliphatic carbocycles. The molecule has 0 bridgehead atoms. The lowest BCUT2D eigenvalue weighted by Crippen LogP contribution is -2.22. The van der Waals surface area contributed by atoms with Crippen molar-refractivity contribution < 1.29 is 5.11 Å². The van der Waals surface area contributed by atoms with Crippen LogP contribution in [0.5, 0.6) is 0 Å². The summed E-state index contributed by atoms with van der Waals surface area (Å²) < 4.78 is 0. The van der Waals surface area contributed by atoms with E-state index in [9.17, 15) is 5.11 Å². The van der Waals surface area contributed by atoms with E-state index in [2.05, 4.69) is 29.2 Å². The first-order valence-electron chi connectivity index (χ1n) is 4.86. The average molecular weight is 193 g/mol. The number of benzene rings is 1. The van der Waals surface area contributed by atoms with Crippen LogP contribution in [-0.4, -0.2) is 25.8 Å². The van der Waals surface area contributed by atoms with Crippen molar-refractivity contribution in [3.63, 3.8) is 0 Å². The van der Waals surface area contributed by atoms with Gasteiger partial charge in [0.2, 0.25) is 0 Å². The van der Waals surface area contributed by atoms with E-state index in [0.717, 1.165) is 0 Å². The highest BCUT2D eigenvalue weighted by atomic mass is 16.3. The van der Waals surface area contributed by atoms with Crippen molar-refractivity contribution in [2.75, 3.05) is 25.6 Å². The van der Waals surface area contributed by atoms with Gasteiger partial charge in [-0.15, -0.1) is 0 Å². The summed E-state index contributed by atoms with van der Waals surface area (Å²) in [5.41, 5.74) is 2.21. The van der Waals surface area contributed by atoms with Crippen LogP contribution in [0.3, 0.4) is 0 Å². The lowest BCUT2D eigenvalue weighted by atomic mass is 9.85. The molecule has 0 fully saturated rings. The van der Waals surface area contributed by atoms with Gasteiger partial charge in [-0.05, 0) is 17.7 Å². The second-order valence-electron chi connectivity index (χ2n) is 4.48. The summed E-state index contributed by atoms with van der Waals surface area (Å²) in [6.45, 7) is 4.25. The summed E-state index contributed by atoms with van der Waals surface area (Å²) in [5, 5.41) is 9.22. The van der Waals surface area contributed by atoms with Gasteiger partial charge < -0.3 is 10.0 Å². The topological polar surface area (TPSA) is 23.5 Å². The molecule has 0 unspecified atom stereocenters. The van der Waals surface area contributed by atoms with Crippen LogP contribution in [0.1, 0.15) is 19.4 Å². The molecule has 1 aromatic rings. The molecule has 2 heteroatoms. The zero-order valence-corrected chi connectivity index (χ0v) is 9.41. The van der Waals surface area contributed by atoms with Crippen LogP contribution in [0.25, 0.3) is 0 Å². The van der Waals surface area contributed by atoms with Crippen molar-refractivity contribution in [1.82, 2.24) is 0 Å². The van der Waals surface area contributed by atoms with Crippen molar-refractivity contribution in [3.05, 3.63) is 29.8 Å². The zero-order chi connectivity index (χ0) is 10.8. The van der Waals surface area contributed by atoms with Crippen LogP contribution >= 0.6 is 0 Å². The number of nitrogens with zero attached hydrogens (tertiary/aromatic N) is 1. The fraction of sp³-hybridized carbons (Fsp3) is 0.500. The fourth-order valence-electron chi connectivity index (χ4n) is 1.30. The van der Waals surface area contributed by atoms with Crippen molar-refractivity contribution in [2.45, 2.75) is 19.3 Å². The number of aliphatic hydroxyl groups is 1. The number of anilines is 1. The molecule has 0 aromatic heterocycles. The summed E-state index contributed by atoms with van der Waals surface area (Å²) in [4.78, 5) is 2.07. The minimum absolute atomic E-state index is 0.148. The molecular formula is C12H19NO. The van der Waals surface area contributed by atoms with E-state index < -0.39 is 0 Å². The predicted molar refractivity (Wildman–Crippen MR) is 60.9 cm³/mol. The molecular weight excluding hydrogens is 174 g/mol. The van der Waals surface area contributed by atoms with Crippen LogP contribution in [0, 0.1) is 0 Å². The Labute approximate surface area is 86.2 Å². The SMILES string of the molecule is CN(C)c1ccc(C(C)(C)CO)cc1. The number of aliphatic hydroxyl groups excluding tert-OH is 1. The Kier molecular flexibility index (Phi) is 3.17. The predicted octanol–water partition coefficient (Wildman–Crippen LogP) is 2.02. The number of rotatable bonds is 3. The van der Waals surface area contributed by atoms with E-state index in [1.54, 1.807) is 0 Å². The van der Waals surface area contributed by atoms with Crippen LogP contribution in [0.15, 0.2) is 24.3 Å². The summed E-state index contributed by atoms with van der Waals surface area (Å²) >= 11 is 0. The van der Waals surface area contributed by atoms with E-state index >= 15 is 0 Å². The van der Waals surface area contributed by atoms with Crippen molar-refractivity contribution in [2.24, 2.45) is 0 Å². The molecule has 78 valence electrons. The first-order chi connectivity index (χ1) is 6.47. The number of hydrogen-bond acceptors (Lipinski definition) is 2. The zero-order valence-electron chi connectivity index (χ0n) is 9.41. The van der Waals surface area contributed by atoms with Gasteiger partial charge in [-0.1, -0.05) is 26.0 Å². The van der Waals surface area contributed by atoms with Crippen LogP contribution < -0.4 is 4.90 Å². The third-order valence-corrected chi connectivity index (χ3v) is 2.56. The van der Waals surface area contributed by atoms with Gasteiger partial charge in [0.25, 0.3) is 0 Å². The summed E-state index contributed by atoms with van der Waals surface area (Å²) in [7, 11) is 4.04. The smallest absolute Gasteiger partial charge is 0.0522 e. The summed E-state index contributed by atoms with van der Waals surface area (Å²) in [5.74, 6) is 0. The number of hydrogen-bond donors (Lipinski definition) is 1. The monoisotopic (exact) mass is 193 g/mol. The van der Waals surface area contributed by atoms with E-state index in [1.165, 1.54) is 11.3 Å². The lowest BCUT2D eigenvalue weighted by molar-refractivity contribution is 0.218. The third kappa shape index (κ3) is 2.26. The molecule has 0 atom stereocenters. The van der Waals surface area contributed by atoms with Gasteiger partial charge in [-0.3, -0.25) is 0 Å². The first-order valence-corrected chi connectivity index (χ1v) is 4.86. The minimum atomic E-state index is -0.148. The molecule has 0 aliphatic heterocycles. The minimum Gasteiger partial charge on any atom is -0.395 e. The molecule has 1 N–H and O–H groups in total.